The fourth-order valence-corrected chi connectivity index (χ4v) is 3.05. The van der Waals surface area contributed by atoms with E-state index in [9.17, 15) is 9.59 Å². The highest BCUT2D eigenvalue weighted by Crippen LogP contribution is 2.16. The molecule has 1 fully saturated rings. The summed E-state index contributed by atoms with van der Waals surface area (Å²) < 4.78 is 0. The van der Waals surface area contributed by atoms with Crippen molar-refractivity contribution in [1.29, 1.82) is 0 Å². The van der Waals surface area contributed by atoms with Crippen LogP contribution in [0.1, 0.15) is 23.2 Å². The fourth-order valence-electron chi connectivity index (χ4n) is 2.52. The van der Waals surface area contributed by atoms with Gasteiger partial charge in [0.1, 0.15) is 0 Å². The topological polar surface area (TPSA) is 83.1 Å². The lowest BCUT2D eigenvalue weighted by atomic mass is 10.0. The molecule has 2 heterocycles. The van der Waals surface area contributed by atoms with Crippen LogP contribution >= 0.6 is 11.3 Å². The number of carbonyl (C=O) groups is 2. The lowest BCUT2D eigenvalue weighted by molar-refractivity contribution is -0.116. The molecule has 1 saturated heterocycles. The van der Waals surface area contributed by atoms with Gasteiger partial charge in [-0.2, -0.15) is 0 Å². The number of anilines is 2. The van der Waals surface area contributed by atoms with Crippen LogP contribution in [0.5, 0.6) is 0 Å². The minimum Gasteiger partial charge on any atom is -0.326 e. The van der Waals surface area contributed by atoms with Gasteiger partial charge in [-0.15, -0.1) is 11.3 Å². The zero-order valence-corrected chi connectivity index (χ0v) is 13.4. The third-order valence-electron chi connectivity index (χ3n) is 3.72. The zero-order valence-electron chi connectivity index (χ0n) is 12.5. The number of rotatable bonds is 5. The molecule has 0 spiro atoms. The Bertz CT molecular complexity index is 664. The summed E-state index contributed by atoms with van der Waals surface area (Å²) >= 11 is 1.37. The summed E-state index contributed by atoms with van der Waals surface area (Å²) in [6.45, 7) is 1.89. The molecule has 2 aromatic rings. The second-order valence-corrected chi connectivity index (χ2v) is 6.37. The molecular formula is C16H18N4O2S. The van der Waals surface area contributed by atoms with Crippen molar-refractivity contribution in [2.24, 2.45) is 5.92 Å². The van der Waals surface area contributed by atoms with Crippen LogP contribution < -0.4 is 16.0 Å². The van der Waals surface area contributed by atoms with Crippen LogP contribution in [-0.4, -0.2) is 29.9 Å². The summed E-state index contributed by atoms with van der Waals surface area (Å²) in [4.78, 5) is 28.0. The number of benzene rings is 1. The van der Waals surface area contributed by atoms with Crippen molar-refractivity contribution in [2.45, 2.75) is 12.8 Å². The van der Waals surface area contributed by atoms with Crippen molar-refractivity contribution in [3.8, 4) is 0 Å². The largest absolute Gasteiger partial charge is 0.326 e. The Balaban J connectivity index is 1.54. The summed E-state index contributed by atoms with van der Waals surface area (Å²) in [7, 11) is 0. The number of nitrogens with zero attached hydrogens (tertiary/aromatic N) is 1. The Morgan fingerprint density at radius 1 is 1.26 bits per heavy atom. The molecule has 0 saturated carbocycles. The molecule has 1 aliphatic heterocycles. The van der Waals surface area contributed by atoms with Gasteiger partial charge >= 0.3 is 0 Å². The Morgan fingerprint density at radius 2 is 2.09 bits per heavy atom. The lowest BCUT2D eigenvalue weighted by Crippen LogP contribution is -2.18. The average Bonchev–Trinajstić information content (AvgIpc) is 3.21. The number of aromatic nitrogens is 1. The molecule has 23 heavy (non-hydrogen) atoms. The average molecular weight is 330 g/mol. The molecule has 120 valence electrons. The summed E-state index contributed by atoms with van der Waals surface area (Å²) in [5.74, 6) is 0.215. The van der Waals surface area contributed by atoms with Gasteiger partial charge in [-0.05, 0) is 49.7 Å². The number of hydrogen-bond donors (Lipinski definition) is 3. The first kappa shape index (κ1) is 15.6. The summed E-state index contributed by atoms with van der Waals surface area (Å²) in [6.07, 6.45) is 3.21. The van der Waals surface area contributed by atoms with Crippen molar-refractivity contribution >= 4 is 34.0 Å². The monoisotopic (exact) mass is 330 g/mol. The van der Waals surface area contributed by atoms with Gasteiger partial charge in [0.15, 0.2) is 5.13 Å². The minimum atomic E-state index is -0.213. The lowest BCUT2D eigenvalue weighted by Gasteiger charge is -2.09. The first-order valence-corrected chi connectivity index (χ1v) is 8.40. The van der Waals surface area contributed by atoms with Gasteiger partial charge in [-0.1, -0.05) is 0 Å². The zero-order chi connectivity index (χ0) is 16.1. The van der Waals surface area contributed by atoms with E-state index >= 15 is 0 Å². The van der Waals surface area contributed by atoms with E-state index in [1.165, 1.54) is 11.3 Å². The first-order chi connectivity index (χ1) is 11.2. The van der Waals surface area contributed by atoms with E-state index in [-0.39, 0.29) is 11.8 Å². The molecule has 3 rings (SSSR count). The molecule has 3 N–H and O–H groups in total. The molecule has 0 radical (unpaired) electrons. The van der Waals surface area contributed by atoms with Crippen molar-refractivity contribution in [2.75, 3.05) is 23.7 Å². The molecule has 1 aliphatic rings. The van der Waals surface area contributed by atoms with E-state index in [0.717, 1.165) is 19.5 Å². The maximum atomic E-state index is 12.0. The van der Waals surface area contributed by atoms with Crippen LogP contribution in [-0.2, 0) is 4.79 Å². The number of amides is 2. The Labute approximate surface area is 138 Å². The van der Waals surface area contributed by atoms with Gasteiger partial charge in [-0.25, -0.2) is 4.98 Å². The SMILES string of the molecule is O=C(CC1CCNC1)Nc1ccc(C(=O)Nc2nccs2)cc1. The van der Waals surface area contributed by atoms with Gasteiger partial charge in [0.25, 0.3) is 5.91 Å². The van der Waals surface area contributed by atoms with Crippen LogP contribution in [0.2, 0.25) is 0 Å². The number of thiazole rings is 1. The van der Waals surface area contributed by atoms with Crippen LogP contribution in [0, 0.1) is 5.92 Å². The molecule has 0 aliphatic carbocycles. The summed E-state index contributed by atoms with van der Waals surface area (Å²) in [6, 6.07) is 6.86. The van der Waals surface area contributed by atoms with E-state index in [2.05, 4.69) is 20.9 Å². The normalized spacial score (nSPS) is 17.0. The summed E-state index contributed by atoms with van der Waals surface area (Å²) in [5.41, 5.74) is 1.23. The number of nitrogens with one attached hydrogen (secondary N) is 3. The second kappa shape index (κ2) is 7.34. The van der Waals surface area contributed by atoms with Crippen molar-refractivity contribution < 1.29 is 9.59 Å². The van der Waals surface area contributed by atoms with Gasteiger partial charge in [-0.3, -0.25) is 14.9 Å². The Hall–Kier alpha value is -2.25. The van der Waals surface area contributed by atoms with Crippen molar-refractivity contribution in [3.63, 3.8) is 0 Å². The molecule has 0 bridgehead atoms. The highest BCUT2D eigenvalue weighted by molar-refractivity contribution is 7.13. The predicted molar refractivity (Wildman–Crippen MR) is 90.7 cm³/mol. The van der Waals surface area contributed by atoms with E-state index in [4.69, 9.17) is 0 Å². The Kier molecular flexibility index (Phi) is 4.99. The number of carbonyl (C=O) groups excluding carboxylic acids is 2. The van der Waals surface area contributed by atoms with Gasteiger partial charge in [0, 0.05) is 29.2 Å². The third kappa shape index (κ3) is 4.37. The molecule has 1 atom stereocenters. The van der Waals surface area contributed by atoms with Crippen LogP contribution in [0.25, 0.3) is 0 Å². The van der Waals surface area contributed by atoms with Gasteiger partial charge in [0.05, 0.1) is 0 Å². The van der Waals surface area contributed by atoms with E-state index in [1.54, 1.807) is 35.8 Å². The fraction of sp³-hybridized carbons (Fsp3) is 0.312. The summed E-state index contributed by atoms with van der Waals surface area (Å²) in [5, 5.41) is 11.2. The molecule has 7 heteroatoms. The molecule has 2 amide bonds. The third-order valence-corrected chi connectivity index (χ3v) is 4.41. The van der Waals surface area contributed by atoms with E-state index < -0.39 is 0 Å². The van der Waals surface area contributed by atoms with Gasteiger partial charge in [0.2, 0.25) is 5.91 Å². The van der Waals surface area contributed by atoms with E-state index in [0.29, 0.717) is 28.7 Å². The van der Waals surface area contributed by atoms with Crippen LogP contribution in [0.4, 0.5) is 10.8 Å². The highest BCUT2D eigenvalue weighted by atomic mass is 32.1. The number of hydrogen-bond acceptors (Lipinski definition) is 5. The predicted octanol–water partition coefficient (Wildman–Crippen LogP) is 2.33. The quantitative estimate of drug-likeness (QED) is 0.786. The molecular weight excluding hydrogens is 312 g/mol. The van der Waals surface area contributed by atoms with Crippen molar-refractivity contribution in [3.05, 3.63) is 41.4 Å². The Morgan fingerprint density at radius 3 is 2.74 bits per heavy atom. The molecule has 1 aromatic carbocycles. The maximum Gasteiger partial charge on any atom is 0.257 e. The molecule has 6 nitrogen and oxygen atoms in total. The van der Waals surface area contributed by atoms with Crippen molar-refractivity contribution in [1.82, 2.24) is 10.3 Å². The van der Waals surface area contributed by atoms with E-state index in [1.807, 2.05) is 0 Å². The minimum absolute atomic E-state index is 0.0127. The second-order valence-electron chi connectivity index (χ2n) is 5.48. The van der Waals surface area contributed by atoms with Crippen LogP contribution in [0.15, 0.2) is 35.8 Å². The van der Waals surface area contributed by atoms with Crippen LogP contribution in [0.3, 0.4) is 0 Å². The molecule has 1 unspecified atom stereocenters. The molecule has 1 aromatic heterocycles. The smallest absolute Gasteiger partial charge is 0.257 e. The highest BCUT2D eigenvalue weighted by Gasteiger charge is 2.18. The van der Waals surface area contributed by atoms with Gasteiger partial charge < -0.3 is 10.6 Å². The standard InChI is InChI=1S/C16H18N4O2S/c21-14(9-11-5-6-17-10-11)19-13-3-1-12(2-4-13)15(22)20-16-18-7-8-23-16/h1-4,7-8,11,17H,5-6,9-10H2,(H,19,21)(H,18,20,22). The maximum absolute atomic E-state index is 12.0. The first-order valence-electron chi connectivity index (χ1n) is 7.52.